The van der Waals surface area contributed by atoms with Gasteiger partial charge in [0.1, 0.15) is 24.4 Å². The Kier molecular flexibility index (Phi) is 7.47. The molecule has 0 saturated carbocycles. The first-order chi connectivity index (χ1) is 11.0. The maximum absolute atomic E-state index is 11.5. The van der Waals surface area contributed by atoms with Gasteiger partial charge in [0.25, 0.3) is 0 Å². The molecule has 140 valence electrons. The number of rotatable bonds is 8. The second-order valence-electron chi connectivity index (χ2n) is 7.02. The molecule has 0 amide bonds. The summed E-state index contributed by atoms with van der Waals surface area (Å²) in [5.74, 6) is -0.998. The van der Waals surface area contributed by atoms with Gasteiger partial charge in [-0.25, -0.2) is 0 Å². The van der Waals surface area contributed by atoms with E-state index in [1.807, 2.05) is 19.6 Å². The monoisotopic (exact) mass is 365 g/mol. The highest BCUT2D eigenvalue weighted by Crippen LogP contribution is 2.30. The van der Waals surface area contributed by atoms with E-state index < -0.39 is 62.3 Å². The molecular weight excluding hydrogens is 338 g/mol. The lowest BCUT2D eigenvalue weighted by atomic mass is 9.80. The van der Waals surface area contributed by atoms with Gasteiger partial charge in [0, 0.05) is 4.92 Å². The van der Waals surface area contributed by atoms with Crippen LogP contribution in [-0.2, 0) is 4.43 Å². The number of aliphatic hydroxyl groups excluding tert-OH is 5. The normalized spacial score (nSPS) is 29.8. The first-order valence-corrected chi connectivity index (χ1v) is 11.2. The Labute approximate surface area is 141 Å². The van der Waals surface area contributed by atoms with Crippen LogP contribution in [-0.4, -0.2) is 81.9 Å². The van der Waals surface area contributed by atoms with E-state index in [-0.39, 0.29) is 6.42 Å². The van der Waals surface area contributed by atoms with Crippen molar-refractivity contribution in [1.82, 2.24) is 0 Å². The van der Waals surface area contributed by atoms with Crippen molar-refractivity contribution in [1.29, 1.82) is 0 Å². The predicted molar refractivity (Wildman–Crippen MR) is 87.4 cm³/mol. The van der Waals surface area contributed by atoms with Crippen molar-refractivity contribution in [3.63, 3.8) is 0 Å². The molecule has 9 nitrogen and oxygen atoms in total. The van der Waals surface area contributed by atoms with Crippen molar-refractivity contribution in [2.24, 2.45) is 5.92 Å². The van der Waals surface area contributed by atoms with Gasteiger partial charge in [-0.1, -0.05) is 12.2 Å². The van der Waals surface area contributed by atoms with E-state index in [1.165, 1.54) is 0 Å². The van der Waals surface area contributed by atoms with Gasteiger partial charge in [-0.05, 0) is 26.1 Å². The lowest BCUT2D eigenvalue weighted by Crippen LogP contribution is -2.55. The zero-order chi connectivity index (χ0) is 18.7. The third-order valence-corrected chi connectivity index (χ3v) is 4.94. The molecule has 0 fully saturated rings. The summed E-state index contributed by atoms with van der Waals surface area (Å²) in [7, 11) is -2.09. The maximum atomic E-state index is 11.5. The van der Waals surface area contributed by atoms with Crippen LogP contribution >= 0.6 is 0 Å². The van der Waals surface area contributed by atoms with Gasteiger partial charge in [0.05, 0.1) is 18.6 Å². The van der Waals surface area contributed by atoms with Gasteiger partial charge in [-0.3, -0.25) is 10.1 Å². The van der Waals surface area contributed by atoms with Crippen molar-refractivity contribution >= 4 is 8.32 Å². The standard InChI is InChI=1S/C14H27NO8Si/c1-24(2,3)23-10-6-4-5-8(11(10)15(21)22)12(18)14(20)13(19)9(17)7-16/h4,6,8-14,16-20H,5,7H2,1-3H3/t8-,9-,10-,11+,12?,13+,14-/m1/s1. The molecule has 10 heteroatoms. The summed E-state index contributed by atoms with van der Waals surface area (Å²) in [4.78, 5) is 11.0. The molecule has 0 aliphatic heterocycles. The fourth-order valence-corrected chi connectivity index (χ4v) is 3.83. The molecule has 1 unspecified atom stereocenters. The zero-order valence-electron chi connectivity index (χ0n) is 14.0. The van der Waals surface area contributed by atoms with Crippen LogP contribution in [0.4, 0.5) is 0 Å². The number of hydrogen-bond donors (Lipinski definition) is 5. The summed E-state index contributed by atoms with van der Waals surface area (Å²) in [6.07, 6.45) is -4.46. The van der Waals surface area contributed by atoms with Gasteiger partial charge in [-0.15, -0.1) is 0 Å². The van der Waals surface area contributed by atoms with E-state index in [0.717, 1.165) is 0 Å². The molecule has 5 N–H and O–H groups in total. The van der Waals surface area contributed by atoms with E-state index in [2.05, 4.69) is 0 Å². The summed E-state index contributed by atoms with van der Waals surface area (Å²) < 4.78 is 5.81. The first kappa shape index (κ1) is 21.2. The van der Waals surface area contributed by atoms with Crippen molar-refractivity contribution in [2.75, 3.05) is 6.61 Å². The fourth-order valence-electron chi connectivity index (χ4n) is 2.79. The van der Waals surface area contributed by atoms with E-state index >= 15 is 0 Å². The summed E-state index contributed by atoms with van der Waals surface area (Å²) in [6, 6.07) is -1.29. The van der Waals surface area contributed by atoms with E-state index in [0.29, 0.717) is 0 Å². The largest absolute Gasteiger partial charge is 0.405 e. The molecule has 0 saturated heterocycles. The highest BCUT2D eigenvalue weighted by Gasteiger charge is 2.48. The van der Waals surface area contributed by atoms with Crippen molar-refractivity contribution < 1.29 is 34.9 Å². The summed E-state index contributed by atoms with van der Waals surface area (Å²) in [5.41, 5.74) is 0. The third kappa shape index (κ3) is 5.31. The lowest BCUT2D eigenvalue weighted by Gasteiger charge is -2.37. The van der Waals surface area contributed by atoms with Crippen LogP contribution in [0, 0.1) is 16.0 Å². The summed E-state index contributed by atoms with van der Waals surface area (Å²) in [6.45, 7) is 4.84. The number of hydrogen-bond acceptors (Lipinski definition) is 8. The third-order valence-electron chi connectivity index (χ3n) is 3.96. The van der Waals surface area contributed by atoms with Crippen molar-refractivity contribution in [2.45, 2.75) is 62.6 Å². The molecule has 0 aromatic carbocycles. The number of nitrogens with zero attached hydrogens (tertiary/aromatic N) is 1. The second-order valence-corrected chi connectivity index (χ2v) is 11.5. The number of nitro groups is 1. The zero-order valence-corrected chi connectivity index (χ0v) is 15.0. The summed E-state index contributed by atoms with van der Waals surface area (Å²) >= 11 is 0. The van der Waals surface area contributed by atoms with Crippen LogP contribution in [0.15, 0.2) is 12.2 Å². The Hall–Kier alpha value is -0.883. The van der Waals surface area contributed by atoms with Crippen LogP contribution in [0.3, 0.4) is 0 Å². The van der Waals surface area contributed by atoms with Gasteiger partial charge in [-0.2, -0.15) is 0 Å². The van der Waals surface area contributed by atoms with Gasteiger partial charge in [0.15, 0.2) is 8.32 Å². The quantitative estimate of drug-likeness (QED) is 0.157. The fraction of sp³-hybridized carbons (Fsp3) is 0.857. The number of allylic oxidation sites excluding steroid dienone is 1. The smallest absolute Gasteiger partial charge is 0.246 e. The van der Waals surface area contributed by atoms with Crippen LogP contribution in [0.5, 0.6) is 0 Å². The van der Waals surface area contributed by atoms with E-state index in [9.17, 15) is 30.5 Å². The maximum Gasteiger partial charge on any atom is 0.246 e. The van der Waals surface area contributed by atoms with Gasteiger partial charge in [0.2, 0.25) is 6.04 Å². The molecule has 0 aromatic heterocycles. The molecular formula is C14H27NO8Si. The first-order valence-electron chi connectivity index (χ1n) is 7.80. The summed E-state index contributed by atoms with van der Waals surface area (Å²) in [5, 5.41) is 59.8. The Morgan fingerprint density at radius 3 is 2.29 bits per heavy atom. The molecule has 1 aliphatic rings. The molecule has 0 bridgehead atoms. The number of aliphatic hydroxyl groups is 5. The average Bonchev–Trinajstić information content (AvgIpc) is 2.49. The molecule has 1 aliphatic carbocycles. The Morgan fingerprint density at radius 2 is 1.83 bits per heavy atom. The van der Waals surface area contributed by atoms with Crippen LogP contribution in [0.25, 0.3) is 0 Å². The molecule has 7 atom stereocenters. The Morgan fingerprint density at radius 1 is 1.25 bits per heavy atom. The second kappa shape index (κ2) is 8.47. The van der Waals surface area contributed by atoms with Crippen LogP contribution in [0.2, 0.25) is 19.6 Å². The molecule has 0 heterocycles. The van der Waals surface area contributed by atoms with Crippen molar-refractivity contribution in [3.8, 4) is 0 Å². The minimum absolute atomic E-state index is 0.122. The van der Waals surface area contributed by atoms with Gasteiger partial charge < -0.3 is 30.0 Å². The highest BCUT2D eigenvalue weighted by molar-refractivity contribution is 6.69. The minimum atomic E-state index is -2.09. The Balaban J connectivity index is 2.99. The molecule has 24 heavy (non-hydrogen) atoms. The lowest BCUT2D eigenvalue weighted by molar-refractivity contribution is -0.544. The highest BCUT2D eigenvalue weighted by atomic mass is 28.4. The van der Waals surface area contributed by atoms with Crippen LogP contribution in [0.1, 0.15) is 6.42 Å². The van der Waals surface area contributed by atoms with E-state index in [1.54, 1.807) is 12.2 Å². The van der Waals surface area contributed by atoms with Gasteiger partial charge >= 0.3 is 0 Å². The van der Waals surface area contributed by atoms with E-state index in [4.69, 9.17) is 9.53 Å². The van der Waals surface area contributed by atoms with Crippen LogP contribution < -0.4 is 0 Å². The Bertz CT molecular complexity index is 455. The molecule has 0 spiro atoms. The van der Waals surface area contributed by atoms with Crippen molar-refractivity contribution in [3.05, 3.63) is 22.3 Å². The molecule has 0 aromatic rings. The predicted octanol–water partition coefficient (Wildman–Crippen LogP) is -1.14. The molecule has 0 radical (unpaired) electrons. The minimum Gasteiger partial charge on any atom is -0.405 e. The SMILES string of the molecule is C[Si](C)(C)O[C@@H]1C=CC[C@@H](C(O)[C@@H](O)[C@@H](O)[C@H](O)CO)[C@@H]1[N+](=O)[O-]. The average molecular weight is 365 g/mol. The topological polar surface area (TPSA) is 154 Å². The molecule has 1 rings (SSSR count).